The molecule has 2 bridgehead atoms. The van der Waals surface area contributed by atoms with Gasteiger partial charge in [0.05, 0.1) is 18.8 Å². The lowest BCUT2D eigenvalue weighted by molar-refractivity contribution is -0.113. The van der Waals surface area contributed by atoms with Crippen molar-refractivity contribution in [3.8, 4) is 0 Å². The highest BCUT2D eigenvalue weighted by molar-refractivity contribution is 5.29. The van der Waals surface area contributed by atoms with Crippen molar-refractivity contribution in [3.05, 3.63) is 35.4 Å². The summed E-state index contributed by atoms with van der Waals surface area (Å²) in [6.45, 7) is 10.3. The largest absolute Gasteiger partial charge is 0.389 e. The van der Waals surface area contributed by atoms with Crippen molar-refractivity contribution in [3.63, 3.8) is 0 Å². The van der Waals surface area contributed by atoms with E-state index in [1.54, 1.807) is 0 Å². The fourth-order valence-corrected chi connectivity index (χ4v) is 5.94. The van der Waals surface area contributed by atoms with Gasteiger partial charge in [-0.3, -0.25) is 4.90 Å². The van der Waals surface area contributed by atoms with E-state index < -0.39 is 6.10 Å². The first-order valence-corrected chi connectivity index (χ1v) is 9.97. The van der Waals surface area contributed by atoms with Crippen molar-refractivity contribution >= 4 is 0 Å². The summed E-state index contributed by atoms with van der Waals surface area (Å²) in [5.74, 6) is 0.790. The molecule has 0 amide bonds. The van der Waals surface area contributed by atoms with E-state index in [9.17, 15) is 5.11 Å². The molecule has 0 radical (unpaired) electrons. The molecule has 1 N–H and O–H groups in total. The van der Waals surface area contributed by atoms with Crippen molar-refractivity contribution in [2.75, 3.05) is 19.7 Å². The second-order valence-electron chi connectivity index (χ2n) is 9.54. The van der Waals surface area contributed by atoms with Crippen LogP contribution in [0.3, 0.4) is 0 Å². The maximum absolute atomic E-state index is 10.6. The Morgan fingerprint density at radius 1 is 1.24 bits per heavy atom. The van der Waals surface area contributed by atoms with Gasteiger partial charge in [0.2, 0.25) is 0 Å². The van der Waals surface area contributed by atoms with Crippen LogP contribution in [0.15, 0.2) is 24.3 Å². The predicted octanol–water partition coefficient (Wildman–Crippen LogP) is 3.64. The fourth-order valence-electron chi connectivity index (χ4n) is 5.94. The number of benzene rings is 1. The average Bonchev–Trinajstić information content (AvgIpc) is 3.05. The minimum atomic E-state index is -0.399. The third-order valence-corrected chi connectivity index (χ3v) is 7.27. The molecule has 1 aromatic carbocycles. The molecular formula is C22H33NO2. The number of hydrogen-bond donors (Lipinski definition) is 1. The minimum absolute atomic E-state index is 0.247. The highest BCUT2D eigenvalue weighted by atomic mass is 16.5. The van der Waals surface area contributed by atoms with Crippen LogP contribution in [0.4, 0.5) is 0 Å². The van der Waals surface area contributed by atoms with Gasteiger partial charge < -0.3 is 9.84 Å². The zero-order valence-electron chi connectivity index (χ0n) is 16.0. The molecule has 3 nitrogen and oxygen atoms in total. The van der Waals surface area contributed by atoms with Crippen molar-refractivity contribution < 1.29 is 9.84 Å². The summed E-state index contributed by atoms with van der Waals surface area (Å²) in [4.78, 5) is 2.37. The molecule has 0 spiro atoms. The molecule has 25 heavy (non-hydrogen) atoms. The van der Waals surface area contributed by atoms with Gasteiger partial charge in [0, 0.05) is 19.6 Å². The fraction of sp³-hybridized carbons (Fsp3) is 0.727. The van der Waals surface area contributed by atoms with E-state index in [-0.39, 0.29) is 11.5 Å². The maximum Gasteiger partial charge on any atom is 0.0900 e. The highest BCUT2D eigenvalue weighted by Gasteiger charge is 2.60. The van der Waals surface area contributed by atoms with Gasteiger partial charge in [-0.2, -0.15) is 0 Å². The summed E-state index contributed by atoms with van der Waals surface area (Å²) in [5, 5.41) is 10.6. The molecule has 1 aromatic rings. The van der Waals surface area contributed by atoms with Gasteiger partial charge in [0.25, 0.3) is 0 Å². The molecular weight excluding hydrogens is 310 g/mol. The average molecular weight is 344 g/mol. The van der Waals surface area contributed by atoms with Gasteiger partial charge in [-0.05, 0) is 53.6 Å². The molecule has 4 atom stereocenters. The summed E-state index contributed by atoms with van der Waals surface area (Å²) >= 11 is 0. The molecule has 0 saturated heterocycles. The van der Waals surface area contributed by atoms with Crippen LogP contribution in [0.5, 0.6) is 0 Å². The molecule has 0 aromatic heterocycles. The van der Waals surface area contributed by atoms with Gasteiger partial charge in [0.15, 0.2) is 0 Å². The third-order valence-electron chi connectivity index (χ3n) is 7.27. The summed E-state index contributed by atoms with van der Waals surface area (Å²) in [5.41, 5.74) is 3.43. The quantitative estimate of drug-likeness (QED) is 0.886. The number of fused-ring (bicyclic) bond motifs is 3. The number of rotatable bonds is 5. The van der Waals surface area contributed by atoms with Gasteiger partial charge in [-0.1, -0.05) is 45.0 Å². The van der Waals surface area contributed by atoms with Crippen LogP contribution in [0.1, 0.15) is 51.2 Å². The number of hydrogen-bond acceptors (Lipinski definition) is 3. The van der Waals surface area contributed by atoms with E-state index in [1.807, 2.05) is 0 Å². The number of nitrogens with zero attached hydrogens (tertiary/aromatic N) is 1. The highest BCUT2D eigenvalue weighted by Crippen LogP contribution is 2.63. The minimum Gasteiger partial charge on any atom is -0.389 e. The van der Waals surface area contributed by atoms with E-state index in [0.717, 1.165) is 25.4 Å². The Balaban J connectivity index is 1.31. The Labute approximate surface area is 152 Å². The van der Waals surface area contributed by atoms with Gasteiger partial charge in [-0.15, -0.1) is 0 Å². The Bertz CT molecular complexity index is 623. The molecule has 3 aliphatic rings. The zero-order valence-corrected chi connectivity index (χ0v) is 16.0. The Hall–Kier alpha value is -0.900. The van der Waals surface area contributed by atoms with E-state index in [2.05, 4.69) is 49.9 Å². The van der Waals surface area contributed by atoms with Crippen LogP contribution in [-0.2, 0) is 17.7 Å². The Morgan fingerprint density at radius 3 is 2.72 bits per heavy atom. The number of β-amino-alcohol motifs (C(OH)–C–C–N with tert-alkyl or cyclic N) is 1. The molecule has 0 unspecified atom stereocenters. The standard InChI is InChI=1S/C22H33NO2/c1-21(2)18-8-10-22(3,12-18)20(21)25-15-19(24)14-23-11-9-16-6-4-5-7-17(16)13-23/h4-7,18-20,24H,8-15H2,1-3H3/t18-,19-,20-,22-/m1/s1. The van der Waals surface area contributed by atoms with Crippen LogP contribution in [0, 0.1) is 16.7 Å². The monoisotopic (exact) mass is 343 g/mol. The van der Waals surface area contributed by atoms with Crippen molar-refractivity contribution in [1.82, 2.24) is 4.90 Å². The Kier molecular flexibility index (Phi) is 4.46. The lowest BCUT2D eigenvalue weighted by Gasteiger charge is -2.42. The summed E-state index contributed by atoms with van der Waals surface area (Å²) < 4.78 is 6.35. The lowest BCUT2D eigenvalue weighted by atomic mass is 9.70. The summed E-state index contributed by atoms with van der Waals surface area (Å²) in [6, 6.07) is 8.67. The van der Waals surface area contributed by atoms with Crippen molar-refractivity contribution in [2.24, 2.45) is 16.7 Å². The van der Waals surface area contributed by atoms with E-state index in [1.165, 1.54) is 30.4 Å². The second-order valence-corrected chi connectivity index (χ2v) is 9.54. The second kappa shape index (κ2) is 6.37. The molecule has 1 heterocycles. The van der Waals surface area contributed by atoms with E-state index >= 15 is 0 Å². The smallest absolute Gasteiger partial charge is 0.0900 e. The van der Waals surface area contributed by atoms with Crippen LogP contribution < -0.4 is 0 Å². The normalized spacial score (nSPS) is 34.9. The lowest BCUT2D eigenvalue weighted by Crippen LogP contribution is -2.45. The van der Waals surface area contributed by atoms with Crippen LogP contribution in [0.25, 0.3) is 0 Å². The summed E-state index contributed by atoms with van der Waals surface area (Å²) in [6.07, 6.45) is 4.89. The zero-order chi connectivity index (χ0) is 17.7. The van der Waals surface area contributed by atoms with Crippen LogP contribution >= 0.6 is 0 Å². The van der Waals surface area contributed by atoms with Gasteiger partial charge >= 0.3 is 0 Å². The number of ether oxygens (including phenoxy) is 1. The van der Waals surface area contributed by atoms with Crippen molar-refractivity contribution in [1.29, 1.82) is 0 Å². The van der Waals surface area contributed by atoms with Crippen molar-refractivity contribution in [2.45, 2.75) is 65.2 Å². The molecule has 2 aliphatic carbocycles. The number of aliphatic hydroxyl groups excluding tert-OH is 1. The van der Waals surface area contributed by atoms with Gasteiger partial charge in [-0.25, -0.2) is 0 Å². The third kappa shape index (κ3) is 3.15. The first kappa shape index (κ1) is 17.5. The molecule has 4 rings (SSSR count). The first-order valence-electron chi connectivity index (χ1n) is 9.97. The molecule has 3 heteroatoms. The SMILES string of the molecule is CC1(C)[C@@H]2CC[C@](C)(C2)[C@@H]1OC[C@H](O)CN1CCc2ccccc2C1. The molecule has 2 fully saturated rings. The molecule has 1 aliphatic heterocycles. The summed E-state index contributed by atoms with van der Waals surface area (Å²) in [7, 11) is 0. The Morgan fingerprint density at radius 2 is 2.00 bits per heavy atom. The van der Waals surface area contributed by atoms with E-state index in [0.29, 0.717) is 18.6 Å². The van der Waals surface area contributed by atoms with Crippen LogP contribution in [0.2, 0.25) is 0 Å². The van der Waals surface area contributed by atoms with E-state index in [4.69, 9.17) is 4.74 Å². The predicted molar refractivity (Wildman–Crippen MR) is 100 cm³/mol. The maximum atomic E-state index is 10.6. The van der Waals surface area contributed by atoms with Gasteiger partial charge in [0.1, 0.15) is 0 Å². The first-order chi connectivity index (χ1) is 11.9. The topological polar surface area (TPSA) is 32.7 Å². The van der Waals surface area contributed by atoms with Crippen LogP contribution in [-0.4, -0.2) is 41.9 Å². The number of aliphatic hydroxyl groups is 1. The molecule has 2 saturated carbocycles. The molecule has 138 valence electrons.